The number of benzene rings is 1. The molecule has 2 N–H and O–H groups in total. The first-order valence-electron chi connectivity index (χ1n) is 5.72. The molecular formula is C13H18N2O3. The summed E-state index contributed by atoms with van der Waals surface area (Å²) in [4.78, 5) is 22.3. The zero-order valence-corrected chi connectivity index (χ0v) is 10.5. The van der Waals surface area contributed by atoms with Crippen LogP contribution in [0.25, 0.3) is 0 Å². The molecule has 0 saturated carbocycles. The minimum Gasteiger partial charge on any atom is -0.384 e. The van der Waals surface area contributed by atoms with Crippen LogP contribution in [-0.4, -0.2) is 37.0 Å². The number of rotatable bonds is 5. The van der Waals surface area contributed by atoms with Crippen molar-refractivity contribution in [2.45, 2.75) is 13.0 Å². The van der Waals surface area contributed by atoms with Gasteiger partial charge in [-0.3, -0.25) is 9.59 Å². The molecule has 0 atom stereocenters. The number of carbonyl (C=O) groups is 2. The lowest BCUT2D eigenvalue weighted by molar-refractivity contribution is -0.119. The number of hydrogen-bond donors (Lipinski definition) is 1. The Morgan fingerprint density at radius 1 is 1.39 bits per heavy atom. The first kappa shape index (κ1) is 14.2. The highest BCUT2D eigenvalue weighted by Crippen LogP contribution is 2.12. The minimum atomic E-state index is -0.318. The number of amides is 2. The van der Waals surface area contributed by atoms with Crippen molar-refractivity contribution in [1.29, 1.82) is 0 Å². The maximum absolute atomic E-state index is 10.6. The van der Waals surface area contributed by atoms with Crippen molar-refractivity contribution in [2.24, 2.45) is 5.73 Å². The van der Waals surface area contributed by atoms with Crippen LogP contribution in [-0.2, 0) is 20.9 Å². The number of ether oxygens (including phenoxy) is 1. The average molecular weight is 250 g/mol. The highest BCUT2D eigenvalue weighted by Gasteiger charge is 2.29. The van der Waals surface area contributed by atoms with E-state index in [1.54, 1.807) is 0 Å². The van der Waals surface area contributed by atoms with E-state index in [2.05, 4.69) is 4.74 Å². The van der Waals surface area contributed by atoms with E-state index in [0.29, 0.717) is 19.6 Å². The number of nitrogens with zero attached hydrogens (tertiary/aromatic N) is 1. The smallest absolute Gasteiger partial charge is 0.242 e. The predicted octanol–water partition coefficient (Wildman–Crippen LogP) is 0.537. The molecule has 0 aromatic heterocycles. The number of methoxy groups -OCH3 is 1. The van der Waals surface area contributed by atoms with Crippen molar-refractivity contribution in [3.63, 3.8) is 0 Å². The highest BCUT2D eigenvalue weighted by atomic mass is 16.5. The van der Waals surface area contributed by atoms with Crippen molar-refractivity contribution in [3.05, 3.63) is 35.9 Å². The Morgan fingerprint density at radius 2 is 2.00 bits per heavy atom. The summed E-state index contributed by atoms with van der Waals surface area (Å²) in [5.74, 6) is -0.0595. The summed E-state index contributed by atoms with van der Waals surface area (Å²) in [6.07, 6.45) is 0.316. The van der Waals surface area contributed by atoms with Crippen molar-refractivity contribution in [1.82, 2.24) is 4.90 Å². The van der Waals surface area contributed by atoms with Crippen LogP contribution in [0.2, 0.25) is 0 Å². The number of carbonyl (C=O) groups excluding carboxylic acids is 2. The van der Waals surface area contributed by atoms with Gasteiger partial charge in [0.05, 0.1) is 6.61 Å². The van der Waals surface area contributed by atoms with Crippen molar-refractivity contribution >= 4 is 11.8 Å². The fourth-order valence-corrected chi connectivity index (χ4v) is 1.28. The van der Waals surface area contributed by atoms with E-state index in [1.807, 2.05) is 35.2 Å². The van der Waals surface area contributed by atoms with Gasteiger partial charge in [0.15, 0.2) is 0 Å². The lowest BCUT2D eigenvalue weighted by Crippen LogP contribution is -2.12. The van der Waals surface area contributed by atoms with E-state index in [4.69, 9.17) is 5.73 Å². The van der Waals surface area contributed by atoms with Gasteiger partial charge in [0.2, 0.25) is 11.8 Å². The average Bonchev–Trinajstić information content (AvgIpc) is 3.04. The number of hydrogen-bond acceptors (Lipinski definition) is 3. The maximum atomic E-state index is 10.6. The molecule has 0 spiro atoms. The predicted molar refractivity (Wildman–Crippen MR) is 67.5 cm³/mol. The Balaban J connectivity index is 0.000000203. The molecule has 0 unspecified atom stereocenters. The minimum absolute atomic E-state index is 0.258. The van der Waals surface area contributed by atoms with E-state index in [0.717, 1.165) is 6.54 Å². The Kier molecular flexibility index (Phi) is 5.87. The molecule has 98 valence electrons. The van der Waals surface area contributed by atoms with Gasteiger partial charge in [-0.25, -0.2) is 0 Å². The molecule has 1 fully saturated rings. The van der Waals surface area contributed by atoms with Crippen LogP contribution < -0.4 is 5.73 Å². The van der Waals surface area contributed by atoms with Gasteiger partial charge in [-0.15, -0.1) is 0 Å². The zero-order valence-electron chi connectivity index (χ0n) is 10.5. The standard InChI is InChI=1S/C9H9NO.C4H9NO2/c11-9-7-10(9)6-8-4-2-1-3-5-8;1-7-3-2-4(5)6/h1-5H,6-7H2;2-3H2,1H3,(H2,5,6). The first-order chi connectivity index (χ1) is 8.63. The molecular weight excluding hydrogens is 232 g/mol. The molecule has 0 bridgehead atoms. The summed E-state index contributed by atoms with van der Waals surface area (Å²) in [5, 5.41) is 0. The van der Waals surface area contributed by atoms with Gasteiger partial charge in [-0.2, -0.15) is 0 Å². The lowest BCUT2D eigenvalue weighted by atomic mass is 10.2. The molecule has 1 aliphatic heterocycles. The van der Waals surface area contributed by atoms with Crippen LogP contribution in [0.15, 0.2) is 30.3 Å². The first-order valence-corrected chi connectivity index (χ1v) is 5.72. The van der Waals surface area contributed by atoms with Gasteiger partial charge in [-0.1, -0.05) is 30.3 Å². The van der Waals surface area contributed by atoms with Gasteiger partial charge in [-0.05, 0) is 5.56 Å². The second kappa shape index (κ2) is 7.45. The summed E-state index contributed by atoms with van der Waals surface area (Å²) in [6.45, 7) is 1.84. The topological polar surface area (TPSA) is 72.4 Å². The van der Waals surface area contributed by atoms with E-state index >= 15 is 0 Å². The Bertz CT molecular complexity index is 392. The van der Waals surface area contributed by atoms with Crippen LogP contribution in [0, 0.1) is 0 Å². The van der Waals surface area contributed by atoms with Gasteiger partial charge >= 0.3 is 0 Å². The third kappa shape index (κ3) is 6.00. The molecule has 2 rings (SSSR count). The summed E-state index contributed by atoms with van der Waals surface area (Å²) in [7, 11) is 1.53. The Labute approximate surface area is 107 Å². The third-order valence-electron chi connectivity index (χ3n) is 2.34. The monoisotopic (exact) mass is 250 g/mol. The zero-order chi connectivity index (χ0) is 13.4. The molecule has 1 saturated heterocycles. The largest absolute Gasteiger partial charge is 0.384 e. The quantitative estimate of drug-likeness (QED) is 0.775. The third-order valence-corrected chi connectivity index (χ3v) is 2.34. The molecule has 0 radical (unpaired) electrons. The normalized spacial score (nSPS) is 12.7. The second-order valence-electron chi connectivity index (χ2n) is 3.94. The van der Waals surface area contributed by atoms with Crippen molar-refractivity contribution < 1.29 is 14.3 Å². The van der Waals surface area contributed by atoms with Crippen LogP contribution in [0.1, 0.15) is 12.0 Å². The number of nitrogens with two attached hydrogens (primary N) is 1. The van der Waals surface area contributed by atoms with Crippen LogP contribution in [0.4, 0.5) is 0 Å². The van der Waals surface area contributed by atoms with Gasteiger partial charge in [0.1, 0.15) is 6.54 Å². The van der Waals surface area contributed by atoms with Crippen LogP contribution in [0.5, 0.6) is 0 Å². The molecule has 1 aromatic rings. The fourth-order valence-electron chi connectivity index (χ4n) is 1.28. The molecule has 2 amide bonds. The van der Waals surface area contributed by atoms with E-state index < -0.39 is 0 Å². The summed E-state index contributed by atoms with van der Waals surface area (Å²) in [6, 6.07) is 10.0. The molecule has 0 aliphatic carbocycles. The van der Waals surface area contributed by atoms with E-state index in [-0.39, 0.29) is 11.8 Å². The Hall–Kier alpha value is -1.88. The maximum Gasteiger partial charge on any atom is 0.242 e. The summed E-state index contributed by atoms with van der Waals surface area (Å²) in [5.41, 5.74) is 5.97. The van der Waals surface area contributed by atoms with Gasteiger partial charge < -0.3 is 15.4 Å². The molecule has 1 aromatic carbocycles. The Morgan fingerprint density at radius 3 is 2.39 bits per heavy atom. The van der Waals surface area contributed by atoms with Crippen molar-refractivity contribution in [2.75, 3.05) is 20.3 Å². The molecule has 1 heterocycles. The molecule has 5 nitrogen and oxygen atoms in total. The highest BCUT2D eigenvalue weighted by molar-refractivity contribution is 5.92. The van der Waals surface area contributed by atoms with Crippen LogP contribution in [0.3, 0.4) is 0 Å². The van der Waals surface area contributed by atoms with Gasteiger partial charge in [0, 0.05) is 20.1 Å². The lowest BCUT2D eigenvalue weighted by Gasteiger charge is -1.98. The SMILES string of the molecule is COCCC(N)=O.O=C1CN1Cc1ccccc1. The molecule has 18 heavy (non-hydrogen) atoms. The second-order valence-corrected chi connectivity index (χ2v) is 3.94. The van der Waals surface area contributed by atoms with E-state index in [1.165, 1.54) is 12.7 Å². The van der Waals surface area contributed by atoms with Gasteiger partial charge in [0.25, 0.3) is 0 Å². The number of primary amides is 1. The molecule has 5 heteroatoms. The van der Waals surface area contributed by atoms with Crippen molar-refractivity contribution in [3.8, 4) is 0 Å². The summed E-state index contributed by atoms with van der Waals surface area (Å²) >= 11 is 0. The van der Waals surface area contributed by atoms with Crippen LogP contribution >= 0.6 is 0 Å². The fraction of sp³-hybridized carbons (Fsp3) is 0.385. The van der Waals surface area contributed by atoms with E-state index in [9.17, 15) is 9.59 Å². The summed E-state index contributed by atoms with van der Waals surface area (Å²) < 4.78 is 4.55. The molecule has 1 aliphatic rings.